The van der Waals surface area contributed by atoms with Crippen molar-refractivity contribution in [2.24, 2.45) is 5.92 Å². The SMILES string of the molecule is CCCN(CC1CC1)C(=O)N1CCCC1(CC)C(=O)O. The van der Waals surface area contributed by atoms with Gasteiger partial charge in [-0.1, -0.05) is 13.8 Å². The summed E-state index contributed by atoms with van der Waals surface area (Å²) in [6.07, 6.45) is 5.16. The molecule has 1 saturated heterocycles. The number of aliphatic carboxylic acids is 1. The summed E-state index contributed by atoms with van der Waals surface area (Å²) in [6.45, 7) is 6.02. The maximum Gasteiger partial charge on any atom is 0.329 e. The molecule has 5 heteroatoms. The molecule has 0 aromatic carbocycles. The van der Waals surface area contributed by atoms with Crippen molar-refractivity contribution in [3.05, 3.63) is 0 Å². The molecule has 1 saturated carbocycles. The highest BCUT2D eigenvalue weighted by Gasteiger charge is 2.49. The van der Waals surface area contributed by atoms with Crippen LogP contribution in [-0.2, 0) is 4.79 Å². The van der Waals surface area contributed by atoms with Crippen molar-refractivity contribution in [3.63, 3.8) is 0 Å². The number of carboxylic acids is 1. The largest absolute Gasteiger partial charge is 0.479 e. The number of nitrogens with zero attached hydrogens (tertiary/aromatic N) is 2. The first-order valence-electron chi connectivity index (χ1n) is 7.85. The first-order chi connectivity index (χ1) is 9.55. The van der Waals surface area contributed by atoms with E-state index in [0.717, 1.165) is 25.9 Å². The summed E-state index contributed by atoms with van der Waals surface area (Å²) >= 11 is 0. The summed E-state index contributed by atoms with van der Waals surface area (Å²) in [4.78, 5) is 27.9. The van der Waals surface area contributed by atoms with Crippen LogP contribution >= 0.6 is 0 Å². The highest BCUT2D eigenvalue weighted by molar-refractivity contribution is 5.87. The maximum absolute atomic E-state index is 12.8. The van der Waals surface area contributed by atoms with Gasteiger partial charge in [-0.3, -0.25) is 0 Å². The number of hydrogen-bond donors (Lipinski definition) is 1. The zero-order valence-electron chi connectivity index (χ0n) is 12.6. The van der Waals surface area contributed by atoms with Crippen molar-refractivity contribution in [2.45, 2.75) is 57.9 Å². The van der Waals surface area contributed by atoms with Gasteiger partial charge in [-0.15, -0.1) is 0 Å². The Labute approximate surface area is 120 Å². The van der Waals surface area contributed by atoms with Gasteiger partial charge >= 0.3 is 12.0 Å². The Morgan fingerprint density at radius 1 is 1.35 bits per heavy atom. The van der Waals surface area contributed by atoms with Crippen molar-refractivity contribution in [1.82, 2.24) is 9.80 Å². The quantitative estimate of drug-likeness (QED) is 0.814. The first-order valence-corrected chi connectivity index (χ1v) is 7.85. The minimum atomic E-state index is -0.980. The van der Waals surface area contributed by atoms with Gasteiger partial charge < -0.3 is 14.9 Å². The van der Waals surface area contributed by atoms with E-state index in [4.69, 9.17) is 0 Å². The lowest BCUT2D eigenvalue weighted by Crippen LogP contribution is -2.56. The van der Waals surface area contributed by atoms with Gasteiger partial charge in [-0.05, 0) is 44.4 Å². The van der Waals surface area contributed by atoms with E-state index in [1.807, 2.05) is 11.8 Å². The van der Waals surface area contributed by atoms with Crippen LogP contribution in [-0.4, -0.2) is 52.1 Å². The fraction of sp³-hybridized carbons (Fsp3) is 0.867. The number of hydrogen-bond acceptors (Lipinski definition) is 2. The predicted molar refractivity (Wildman–Crippen MR) is 76.6 cm³/mol. The van der Waals surface area contributed by atoms with Gasteiger partial charge in [0, 0.05) is 19.6 Å². The second kappa shape index (κ2) is 6.02. The van der Waals surface area contributed by atoms with Gasteiger partial charge in [-0.2, -0.15) is 0 Å². The molecular weight excluding hydrogens is 256 g/mol. The fourth-order valence-corrected chi connectivity index (χ4v) is 3.22. The van der Waals surface area contributed by atoms with Crippen molar-refractivity contribution >= 4 is 12.0 Å². The molecule has 1 unspecified atom stereocenters. The van der Waals surface area contributed by atoms with E-state index in [-0.39, 0.29) is 6.03 Å². The molecule has 1 aliphatic heterocycles. The third-order valence-corrected chi connectivity index (χ3v) is 4.64. The second-order valence-electron chi connectivity index (χ2n) is 6.12. The number of amides is 2. The summed E-state index contributed by atoms with van der Waals surface area (Å²) < 4.78 is 0. The molecule has 0 spiro atoms. The molecule has 1 heterocycles. The van der Waals surface area contributed by atoms with Gasteiger partial charge in [0.05, 0.1) is 0 Å². The molecule has 0 aromatic heterocycles. The van der Waals surface area contributed by atoms with E-state index in [9.17, 15) is 14.7 Å². The van der Waals surface area contributed by atoms with Gasteiger partial charge in [0.15, 0.2) is 0 Å². The lowest BCUT2D eigenvalue weighted by Gasteiger charge is -2.37. The summed E-state index contributed by atoms with van der Waals surface area (Å²) in [5.74, 6) is -0.220. The molecule has 2 rings (SSSR count). The lowest BCUT2D eigenvalue weighted by atomic mass is 9.93. The molecule has 20 heavy (non-hydrogen) atoms. The Kier molecular flexibility index (Phi) is 4.55. The molecule has 1 N–H and O–H groups in total. The highest BCUT2D eigenvalue weighted by Crippen LogP contribution is 2.35. The number of carbonyl (C=O) groups is 2. The van der Waals surface area contributed by atoms with Gasteiger partial charge in [0.1, 0.15) is 5.54 Å². The van der Waals surface area contributed by atoms with E-state index in [1.165, 1.54) is 12.8 Å². The molecule has 0 aromatic rings. The van der Waals surface area contributed by atoms with Crippen LogP contribution in [0, 0.1) is 5.92 Å². The molecule has 2 aliphatic rings. The molecule has 114 valence electrons. The van der Waals surface area contributed by atoms with Crippen LogP contribution in [0.5, 0.6) is 0 Å². The van der Waals surface area contributed by atoms with Crippen LogP contribution in [0.25, 0.3) is 0 Å². The number of carboxylic acid groups (broad SMARTS) is 1. The molecular formula is C15H26N2O3. The second-order valence-corrected chi connectivity index (χ2v) is 6.12. The number of carbonyl (C=O) groups excluding carboxylic acids is 1. The summed E-state index contributed by atoms with van der Waals surface area (Å²) in [5, 5.41) is 9.58. The first kappa shape index (κ1) is 15.1. The zero-order chi connectivity index (χ0) is 14.8. The van der Waals surface area contributed by atoms with Crippen molar-refractivity contribution in [1.29, 1.82) is 0 Å². The molecule has 2 amide bonds. The monoisotopic (exact) mass is 282 g/mol. The summed E-state index contributed by atoms with van der Waals surface area (Å²) in [6, 6.07) is -0.0690. The van der Waals surface area contributed by atoms with Crippen molar-refractivity contribution in [3.8, 4) is 0 Å². The Balaban J connectivity index is 2.13. The fourth-order valence-electron chi connectivity index (χ4n) is 3.22. The topological polar surface area (TPSA) is 60.9 Å². The summed E-state index contributed by atoms with van der Waals surface area (Å²) in [5.41, 5.74) is -0.980. The molecule has 1 atom stereocenters. The standard InChI is InChI=1S/C15H26N2O3/c1-3-9-16(11-12-6-7-12)14(20)17-10-5-8-15(17,4-2)13(18)19/h12H,3-11H2,1-2H3,(H,18,19). The minimum Gasteiger partial charge on any atom is -0.479 e. The number of urea groups is 1. The van der Waals surface area contributed by atoms with Crippen molar-refractivity contribution in [2.75, 3.05) is 19.6 Å². The molecule has 2 fully saturated rings. The maximum atomic E-state index is 12.8. The van der Waals surface area contributed by atoms with Crippen LogP contribution in [0.4, 0.5) is 4.79 Å². The Morgan fingerprint density at radius 3 is 2.55 bits per heavy atom. The normalized spacial score (nSPS) is 25.8. The highest BCUT2D eigenvalue weighted by atomic mass is 16.4. The van der Waals surface area contributed by atoms with E-state index in [1.54, 1.807) is 4.90 Å². The molecule has 0 bridgehead atoms. The third-order valence-electron chi connectivity index (χ3n) is 4.64. The Bertz CT molecular complexity index is 381. The average Bonchev–Trinajstić information content (AvgIpc) is 3.13. The van der Waals surface area contributed by atoms with Crippen molar-refractivity contribution < 1.29 is 14.7 Å². The van der Waals surface area contributed by atoms with Gasteiger partial charge in [0.2, 0.25) is 0 Å². The van der Waals surface area contributed by atoms with Crippen LogP contribution in [0.3, 0.4) is 0 Å². The van der Waals surface area contributed by atoms with Crippen LogP contribution < -0.4 is 0 Å². The van der Waals surface area contributed by atoms with E-state index in [2.05, 4.69) is 6.92 Å². The smallest absolute Gasteiger partial charge is 0.329 e. The molecule has 0 radical (unpaired) electrons. The van der Waals surface area contributed by atoms with Crippen LogP contribution in [0.2, 0.25) is 0 Å². The number of likely N-dealkylation sites (tertiary alicyclic amines) is 1. The molecule has 1 aliphatic carbocycles. The Hall–Kier alpha value is -1.26. The lowest BCUT2D eigenvalue weighted by molar-refractivity contribution is -0.148. The Morgan fingerprint density at radius 2 is 2.05 bits per heavy atom. The predicted octanol–water partition coefficient (Wildman–Crippen LogP) is 2.56. The van der Waals surface area contributed by atoms with Crippen LogP contribution in [0.1, 0.15) is 52.4 Å². The summed E-state index contributed by atoms with van der Waals surface area (Å²) in [7, 11) is 0. The third kappa shape index (κ3) is 2.76. The van der Waals surface area contributed by atoms with Gasteiger partial charge in [0.25, 0.3) is 0 Å². The zero-order valence-corrected chi connectivity index (χ0v) is 12.6. The average molecular weight is 282 g/mol. The van der Waals surface area contributed by atoms with E-state index in [0.29, 0.717) is 25.3 Å². The van der Waals surface area contributed by atoms with Crippen LogP contribution in [0.15, 0.2) is 0 Å². The minimum absolute atomic E-state index is 0.0690. The van der Waals surface area contributed by atoms with Gasteiger partial charge in [-0.25, -0.2) is 9.59 Å². The van der Waals surface area contributed by atoms with E-state index >= 15 is 0 Å². The number of rotatable bonds is 6. The molecule has 5 nitrogen and oxygen atoms in total. The van der Waals surface area contributed by atoms with E-state index < -0.39 is 11.5 Å².